The Hall–Kier alpha value is -1.69. The van der Waals surface area contributed by atoms with Gasteiger partial charge in [-0.3, -0.25) is 9.48 Å². The van der Waals surface area contributed by atoms with Gasteiger partial charge in [-0.05, 0) is 59.8 Å². The van der Waals surface area contributed by atoms with Gasteiger partial charge in [-0.15, -0.1) is 0 Å². The van der Waals surface area contributed by atoms with E-state index in [1.165, 1.54) is 6.42 Å². The molecule has 0 saturated heterocycles. The summed E-state index contributed by atoms with van der Waals surface area (Å²) >= 11 is 3.36. The van der Waals surface area contributed by atoms with Crippen molar-refractivity contribution in [3.05, 3.63) is 39.8 Å². The fourth-order valence-electron chi connectivity index (χ4n) is 2.37. The molecule has 5 nitrogen and oxygen atoms in total. The summed E-state index contributed by atoms with van der Waals surface area (Å²) in [5.41, 5.74) is 2.52. The predicted octanol–water partition coefficient (Wildman–Crippen LogP) is 2.94. The first kappa shape index (κ1) is 13.3. The highest BCUT2D eigenvalue weighted by atomic mass is 79.9. The fourth-order valence-corrected chi connectivity index (χ4v) is 2.82. The van der Waals surface area contributed by atoms with Gasteiger partial charge < -0.3 is 5.32 Å². The number of hydrogen-bond acceptors (Lipinski definition) is 3. The van der Waals surface area contributed by atoms with Gasteiger partial charge in [0.2, 0.25) is 0 Å². The highest BCUT2D eigenvalue weighted by Gasteiger charge is 2.17. The summed E-state index contributed by atoms with van der Waals surface area (Å²) in [5, 5.41) is 7.18. The molecule has 1 aliphatic heterocycles. The number of hydrogen-bond donors (Lipinski definition) is 1. The van der Waals surface area contributed by atoms with Crippen LogP contribution in [0, 0.1) is 6.92 Å². The van der Waals surface area contributed by atoms with Crippen LogP contribution in [-0.4, -0.2) is 20.7 Å². The second kappa shape index (κ2) is 5.36. The first-order valence-electron chi connectivity index (χ1n) is 6.64. The van der Waals surface area contributed by atoms with Crippen LogP contribution in [0.3, 0.4) is 0 Å². The molecule has 1 amide bonds. The number of nitrogens with one attached hydrogen (secondary N) is 1. The van der Waals surface area contributed by atoms with E-state index in [2.05, 4.69) is 31.3 Å². The van der Waals surface area contributed by atoms with Gasteiger partial charge in [0.25, 0.3) is 5.91 Å². The van der Waals surface area contributed by atoms with Crippen LogP contribution in [0.5, 0.6) is 0 Å². The van der Waals surface area contributed by atoms with E-state index in [4.69, 9.17) is 0 Å². The minimum absolute atomic E-state index is 0.204. The summed E-state index contributed by atoms with van der Waals surface area (Å²) < 4.78 is 2.82. The Labute approximate surface area is 125 Å². The van der Waals surface area contributed by atoms with E-state index < -0.39 is 0 Å². The number of amides is 1. The third-order valence-corrected chi connectivity index (χ3v) is 3.86. The van der Waals surface area contributed by atoms with Crippen molar-refractivity contribution in [3.63, 3.8) is 0 Å². The molecule has 0 radical (unpaired) electrons. The van der Waals surface area contributed by atoms with Crippen molar-refractivity contribution in [2.45, 2.75) is 32.7 Å². The molecule has 0 atom stereocenters. The highest BCUT2D eigenvalue weighted by Crippen LogP contribution is 2.19. The number of aromatic nitrogens is 3. The van der Waals surface area contributed by atoms with Crippen molar-refractivity contribution in [3.8, 4) is 0 Å². The Morgan fingerprint density at radius 2 is 2.25 bits per heavy atom. The van der Waals surface area contributed by atoms with Gasteiger partial charge in [0.1, 0.15) is 5.82 Å². The van der Waals surface area contributed by atoms with Crippen LogP contribution in [0.2, 0.25) is 0 Å². The number of nitrogens with zero attached hydrogens (tertiary/aromatic N) is 3. The van der Waals surface area contributed by atoms with Crippen LogP contribution in [0.4, 0.5) is 5.82 Å². The van der Waals surface area contributed by atoms with E-state index in [-0.39, 0.29) is 5.91 Å². The molecule has 0 aliphatic carbocycles. The largest absolute Gasteiger partial charge is 0.305 e. The van der Waals surface area contributed by atoms with E-state index in [0.717, 1.165) is 35.1 Å². The van der Waals surface area contributed by atoms with E-state index in [0.29, 0.717) is 11.5 Å². The van der Waals surface area contributed by atoms with E-state index in [9.17, 15) is 4.79 Å². The zero-order valence-corrected chi connectivity index (χ0v) is 12.8. The third kappa shape index (κ3) is 2.60. The molecular formula is C14H15BrN4O. The normalized spacial score (nSPS) is 13.9. The minimum atomic E-state index is -0.204. The van der Waals surface area contributed by atoms with Crippen molar-refractivity contribution >= 4 is 27.7 Å². The van der Waals surface area contributed by atoms with Crippen molar-refractivity contribution < 1.29 is 4.79 Å². The molecule has 0 saturated carbocycles. The molecule has 104 valence electrons. The quantitative estimate of drug-likeness (QED) is 0.918. The molecule has 1 N–H and O–H groups in total. The number of aryl methyl sites for hydroxylation is 3. The zero-order valence-electron chi connectivity index (χ0n) is 11.2. The number of fused-ring (bicyclic) bond motifs is 1. The SMILES string of the molecule is Cc1cc(Br)cnc1NC(=O)c1cc2n(n1)CCCC2. The molecule has 0 fully saturated rings. The Balaban J connectivity index is 1.80. The summed E-state index contributed by atoms with van der Waals surface area (Å²) in [6.07, 6.45) is 4.96. The number of rotatable bonds is 2. The fraction of sp³-hybridized carbons (Fsp3) is 0.357. The molecule has 0 unspecified atom stereocenters. The van der Waals surface area contributed by atoms with Crippen LogP contribution in [-0.2, 0) is 13.0 Å². The van der Waals surface area contributed by atoms with Crippen molar-refractivity contribution in [2.24, 2.45) is 0 Å². The molecule has 6 heteroatoms. The van der Waals surface area contributed by atoms with Gasteiger partial charge in [-0.2, -0.15) is 5.10 Å². The van der Waals surface area contributed by atoms with E-state index in [1.807, 2.05) is 23.7 Å². The van der Waals surface area contributed by atoms with E-state index in [1.54, 1.807) is 6.20 Å². The number of pyridine rings is 1. The molecule has 0 aromatic carbocycles. The minimum Gasteiger partial charge on any atom is -0.305 e. The van der Waals surface area contributed by atoms with Crippen LogP contribution in [0.1, 0.15) is 34.6 Å². The number of carbonyl (C=O) groups excluding carboxylic acids is 1. The number of carbonyl (C=O) groups is 1. The van der Waals surface area contributed by atoms with E-state index >= 15 is 0 Å². The van der Waals surface area contributed by atoms with Crippen LogP contribution in [0.25, 0.3) is 0 Å². The van der Waals surface area contributed by atoms with Gasteiger partial charge in [-0.25, -0.2) is 4.98 Å². The molecule has 0 bridgehead atoms. The van der Waals surface area contributed by atoms with Crippen LogP contribution >= 0.6 is 15.9 Å². The van der Waals surface area contributed by atoms with Crippen LogP contribution < -0.4 is 5.32 Å². The zero-order chi connectivity index (χ0) is 14.1. The number of halogens is 1. The summed E-state index contributed by atoms with van der Waals surface area (Å²) in [4.78, 5) is 16.4. The molecule has 3 rings (SSSR count). The van der Waals surface area contributed by atoms with Gasteiger partial charge in [0.15, 0.2) is 5.69 Å². The maximum Gasteiger partial charge on any atom is 0.277 e. The third-order valence-electron chi connectivity index (χ3n) is 3.43. The predicted molar refractivity (Wildman–Crippen MR) is 79.8 cm³/mol. The van der Waals surface area contributed by atoms with Crippen molar-refractivity contribution in [1.82, 2.24) is 14.8 Å². The average molecular weight is 335 g/mol. The molecule has 1 aliphatic rings. The maximum atomic E-state index is 12.2. The monoisotopic (exact) mass is 334 g/mol. The molecular weight excluding hydrogens is 320 g/mol. The summed E-state index contributed by atoms with van der Waals surface area (Å²) in [7, 11) is 0. The maximum absolute atomic E-state index is 12.2. The first-order valence-corrected chi connectivity index (χ1v) is 7.43. The van der Waals surface area contributed by atoms with Gasteiger partial charge in [0.05, 0.1) is 0 Å². The Morgan fingerprint density at radius 3 is 3.00 bits per heavy atom. The lowest BCUT2D eigenvalue weighted by atomic mass is 10.1. The lowest BCUT2D eigenvalue weighted by molar-refractivity contribution is 0.102. The second-order valence-corrected chi connectivity index (χ2v) is 5.89. The Kier molecular flexibility index (Phi) is 3.56. The molecule has 2 aromatic heterocycles. The molecule has 20 heavy (non-hydrogen) atoms. The smallest absolute Gasteiger partial charge is 0.277 e. The Morgan fingerprint density at radius 1 is 1.40 bits per heavy atom. The highest BCUT2D eigenvalue weighted by molar-refractivity contribution is 9.10. The van der Waals surface area contributed by atoms with Crippen molar-refractivity contribution in [1.29, 1.82) is 0 Å². The number of anilines is 1. The molecule has 3 heterocycles. The second-order valence-electron chi connectivity index (χ2n) is 4.97. The topological polar surface area (TPSA) is 59.8 Å². The van der Waals surface area contributed by atoms with Gasteiger partial charge in [-0.1, -0.05) is 0 Å². The molecule has 2 aromatic rings. The standard InChI is InChI=1S/C14H15BrN4O/c1-9-6-10(15)8-16-13(9)17-14(20)12-7-11-4-2-3-5-19(11)18-12/h6-8H,2-5H2,1H3,(H,16,17,20). The molecule has 0 spiro atoms. The lowest BCUT2D eigenvalue weighted by Gasteiger charge is -2.11. The summed E-state index contributed by atoms with van der Waals surface area (Å²) in [6, 6.07) is 3.80. The van der Waals surface area contributed by atoms with Gasteiger partial charge >= 0.3 is 0 Å². The average Bonchev–Trinajstić information content (AvgIpc) is 2.86. The first-order chi connectivity index (χ1) is 9.63. The van der Waals surface area contributed by atoms with Crippen LogP contribution in [0.15, 0.2) is 22.8 Å². The van der Waals surface area contributed by atoms with Gasteiger partial charge in [0, 0.05) is 22.9 Å². The summed E-state index contributed by atoms with van der Waals surface area (Å²) in [5.74, 6) is 0.369. The summed E-state index contributed by atoms with van der Waals surface area (Å²) in [6.45, 7) is 2.81. The van der Waals surface area contributed by atoms with Crippen molar-refractivity contribution in [2.75, 3.05) is 5.32 Å². The Bertz CT molecular complexity index is 642. The lowest BCUT2D eigenvalue weighted by Crippen LogP contribution is -2.15.